The summed E-state index contributed by atoms with van der Waals surface area (Å²) in [6, 6.07) is 8.76. The van der Waals surface area contributed by atoms with Gasteiger partial charge in [-0.15, -0.1) is 0 Å². The van der Waals surface area contributed by atoms with E-state index in [2.05, 4.69) is 4.90 Å². The number of amides is 1. The Bertz CT molecular complexity index is 736. The smallest absolute Gasteiger partial charge is 0.223 e. The van der Waals surface area contributed by atoms with Crippen LogP contribution in [0.4, 0.5) is 4.39 Å². The van der Waals surface area contributed by atoms with Crippen molar-refractivity contribution in [1.82, 2.24) is 9.80 Å². The van der Waals surface area contributed by atoms with Gasteiger partial charge in [0.1, 0.15) is 5.82 Å². The summed E-state index contributed by atoms with van der Waals surface area (Å²) in [7, 11) is 0. The van der Waals surface area contributed by atoms with Gasteiger partial charge in [0.15, 0.2) is 0 Å². The molecule has 2 aliphatic rings. The van der Waals surface area contributed by atoms with E-state index in [1.165, 1.54) is 11.6 Å². The third kappa shape index (κ3) is 3.21. The molecule has 25 heavy (non-hydrogen) atoms. The summed E-state index contributed by atoms with van der Waals surface area (Å²) in [4.78, 5) is 16.8. The zero-order valence-electron chi connectivity index (χ0n) is 14.3. The minimum Gasteiger partial charge on any atom is -0.472 e. The van der Waals surface area contributed by atoms with Crippen LogP contribution in [-0.4, -0.2) is 34.3 Å². The molecular formula is C20H23FN2O2. The Hall–Kier alpha value is -2.14. The molecule has 2 saturated heterocycles. The second kappa shape index (κ2) is 6.64. The SMILES string of the molecule is O=C1CCC2(CCN(Cc3ccoc3)CC2)N1Cc1ccccc1F. The zero-order chi connectivity index (χ0) is 17.3. The molecule has 2 aromatic rings. The van der Waals surface area contributed by atoms with Gasteiger partial charge in [0.25, 0.3) is 0 Å². The lowest BCUT2D eigenvalue weighted by Gasteiger charge is -2.45. The van der Waals surface area contributed by atoms with Gasteiger partial charge in [0.05, 0.1) is 12.5 Å². The normalized spacial score (nSPS) is 20.5. The molecule has 4 rings (SSSR count). The highest BCUT2D eigenvalue weighted by Crippen LogP contribution is 2.40. The number of likely N-dealkylation sites (tertiary alicyclic amines) is 2. The fraction of sp³-hybridized carbons (Fsp3) is 0.450. The summed E-state index contributed by atoms with van der Waals surface area (Å²) in [6.07, 6.45) is 6.85. The number of carbonyl (C=O) groups excluding carboxylic acids is 1. The van der Waals surface area contributed by atoms with Gasteiger partial charge in [0.2, 0.25) is 5.91 Å². The molecule has 5 heteroatoms. The Labute approximate surface area is 147 Å². The van der Waals surface area contributed by atoms with E-state index in [1.807, 2.05) is 17.0 Å². The quantitative estimate of drug-likeness (QED) is 0.852. The molecule has 2 fully saturated rings. The molecule has 0 radical (unpaired) electrons. The summed E-state index contributed by atoms with van der Waals surface area (Å²) >= 11 is 0. The van der Waals surface area contributed by atoms with Gasteiger partial charge in [-0.1, -0.05) is 18.2 Å². The van der Waals surface area contributed by atoms with Gasteiger partial charge in [-0.3, -0.25) is 9.69 Å². The molecule has 132 valence electrons. The molecule has 0 unspecified atom stereocenters. The lowest BCUT2D eigenvalue weighted by atomic mass is 9.84. The molecule has 0 N–H and O–H groups in total. The fourth-order valence-electron chi connectivity index (χ4n) is 4.22. The molecule has 1 aromatic heterocycles. The first-order valence-corrected chi connectivity index (χ1v) is 8.94. The summed E-state index contributed by atoms with van der Waals surface area (Å²) in [5, 5.41) is 0. The van der Waals surface area contributed by atoms with Crippen LogP contribution in [0.2, 0.25) is 0 Å². The number of piperidine rings is 1. The van der Waals surface area contributed by atoms with Crippen LogP contribution < -0.4 is 0 Å². The van der Waals surface area contributed by atoms with Gasteiger partial charge in [-0.2, -0.15) is 0 Å². The fourth-order valence-corrected chi connectivity index (χ4v) is 4.22. The minimum absolute atomic E-state index is 0.105. The second-order valence-corrected chi connectivity index (χ2v) is 7.20. The van der Waals surface area contributed by atoms with Gasteiger partial charge < -0.3 is 9.32 Å². The van der Waals surface area contributed by atoms with E-state index >= 15 is 0 Å². The molecule has 1 aromatic carbocycles. The number of hydrogen-bond acceptors (Lipinski definition) is 3. The van der Waals surface area contributed by atoms with E-state index in [9.17, 15) is 9.18 Å². The Morgan fingerprint density at radius 1 is 1.08 bits per heavy atom. The van der Waals surface area contributed by atoms with Gasteiger partial charge >= 0.3 is 0 Å². The van der Waals surface area contributed by atoms with Crippen molar-refractivity contribution in [1.29, 1.82) is 0 Å². The van der Waals surface area contributed by atoms with Gasteiger partial charge in [0, 0.05) is 49.3 Å². The van der Waals surface area contributed by atoms with Crippen molar-refractivity contribution >= 4 is 5.91 Å². The first kappa shape index (κ1) is 16.3. The topological polar surface area (TPSA) is 36.7 Å². The van der Waals surface area contributed by atoms with E-state index in [0.717, 1.165) is 38.9 Å². The Morgan fingerprint density at radius 2 is 1.88 bits per heavy atom. The Morgan fingerprint density at radius 3 is 2.60 bits per heavy atom. The average molecular weight is 342 g/mol. The van der Waals surface area contributed by atoms with E-state index in [4.69, 9.17) is 4.42 Å². The van der Waals surface area contributed by atoms with E-state index < -0.39 is 0 Å². The minimum atomic E-state index is -0.227. The molecule has 0 saturated carbocycles. The number of rotatable bonds is 4. The van der Waals surface area contributed by atoms with E-state index in [1.54, 1.807) is 24.7 Å². The molecule has 4 nitrogen and oxygen atoms in total. The summed E-state index contributed by atoms with van der Waals surface area (Å²) in [5.41, 5.74) is 1.69. The van der Waals surface area contributed by atoms with Crippen molar-refractivity contribution in [3.05, 3.63) is 59.8 Å². The lowest BCUT2D eigenvalue weighted by molar-refractivity contribution is -0.133. The monoisotopic (exact) mass is 342 g/mol. The Kier molecular flexibility index (Phi) is 4.34. The Balaban J connectivity index is 1.45. The average Bonchev–Trinajstić information content (AvgIpc) is 3.23. The van der Waals surface area contributed by atoms with Crippen LogP contribution in [-0.2, 0) is 17.9 Å². The predicted molar refractivity (Wildman–Crippen MR) is 92.1 cm³/mol. The molecule has 0 atom stereocenters. The van der Waals surface area contributed by atoms with Crippen molar-refractivity contribution in [3.8, 4) is 0 Å². The van der Waals surface area contributed by atoms with Crippen molar-refractivity contribution in [3.63, 3.8) is 0 Å². The molecular weight excluding hydrogens is 319 g/mol. The largest absolute Gasteiger partial charge is 0.472 e. The summed E-state index contributed by atoms with van der Waals surface area (Å²) < 4.78 is 19.2. The zero-order valence-corrected chi connectivity index (χ0v) is 14.3. The van der Waals surface area contributed by atoms with Crippen LogP contribution in [0.5, 0.6) is 0 Å². The second-order valence-electron chi connectivity index (χ2n) is 7.20. The standard InChI is InChI=1S/C20H23FN2O2/c21-18-4-2-1-3-17(18)14-23-19(24)5-7-20(23)8-10-22(11-9-20)13-16-6-12-25-15-16/h1-4,6,12,15H,5,7-11,13-14H2. The first-order chi connectivity index (χ1) is 12.2. The van der Waals surface area contributed by atoms with Crippen LogP contribution >= 0.6 is 0 Å². The third-order valence-electron chi connectivity index (χ3n) is 5.74. The molecule has 2 aliphatic heterocycles. The third-order valence-corrected chi connectivity index (χ3v) is 5.74. The van der Waals surface area contributed by atoms with E-state index in [-0.39, 0.29) is 17.3 Å². The summed E-state index contributed by atoms with van der Waals surface area (Å²) in [6.45, 7) is 3.17. The van der Waals surface area contributed by atoms with Crippen LogP contribution in [0.15, 0.2) is 47.3 Å². The number of carbonyl (C=O) groups is 1. The number of hydrogen-bond donors (Lipinski definition) is 0. The van der Waals surface area contributed by atoms with Crippen LogP contribution in [0, 0.1) is 5.82 Å². The van der Waals surface area contributed by atoms with Gasteiger partial charge in [-0.25, -0.2) is 4.39 Å². The molecule has 0 bridgehead atoms. The maximum atomic E-state index is 14.0. The highest BCUT2D eigenvalue weighted by molar-refractivity contribution is 5.79. The molecule has 3 heterocycles. The van der Waals surface area contributed by atoms with E-state index in [0.29, 0.717) is 18.5 Å². The predicted octanol–water partition coefficient (Wildman–Crippen LogP) is 3.58. The van der Waals surface area contributed by atoms with Crippen molar-refractivity contribution in [2.75, 3.05) is 13.1 Å². The van der Waals surface area contributed by atoms with Crippen LogP contribution in [0.1, 0.15) is 36.8 Å². The first-order valence-electron chi connectivity index (χ1n) is 8.94. The number of nitrogens with zero attached hydrogens (tertiary/aromatic N) is 2. The van der Waals surface area contributed by atoms with Crippen molar-refractivity contribution in [2.24, 2.45) is 0 Å². The molecule has 0 aliphatic carbocycles. The van der Waals surface area contributed by atoms with Crippen LogP contribution in [0.3, 0.4) is 0 Å². The number of halogens is 1. The molecule has 1 amide bonds. The highest BCUT2D eigenvalue weighted by atomic mass is 19.1. The van der Waals surface area contributed by atoms with Gasteiger partial charge in [-0.05, 0) is 31.4 Å². The number of furan rings is 1. The lowest BCUT2D eigenvalue weighted by Crippen LogP contribution is -2.52. The number of benzene rings is 1. The highest BCUT2D eigenvalue weighted by Gasteiger charge is 2.46. The summed E-state index contributed by atoms with van der Waals surface area (Å²) in [5.74, 6) is -0.0683. The van der Waals surface area contributed by atoms with Crippen molar-refractivity contribution in [2.45, 2.75) is 44.3 Å². The maximum absolute atomic E-state index is 14.0. The van der Waals surface area contributed by atoms with Crippen molar-refractivity contribution < 1.29 is 13.6 Å². The molecule has 1 spiro atoms. The van der Waals surface area contributed by atoms with Crippen LogP contribution in [0.25, 0.3) is 0 Å². The maximum Gasteiger partial charge on any atom is 0.223 e.